The fraction of sp³-hybridized carbons (Fsp3) is 0.925. The molecule has 0 spiro atoms. The zero-order valence-electron chi connectivity index (χ0n) is 43.3. The second-order valence-electron chi connectivity index (χ2n) is 18.3. The second kappa shape index (κ2) is 60.5. The lowest BCUT2D eigenvalue weighted by molar-refractivity contribution is 0.109. The summed E-state index contributed by atoms with van der Waals surface area (Å²) in [6, 6.07) is 0. The first kappa shape index (κ1) is 63.4. The van der Waals surface area contributed by atoms with Crippen LogP contribution < -0.4 is 58.5 Å². The fourth-order valence-electron chi connectivity index (χ4n) is 7.54. The molecule has 12 nitrogen and oxygen atoms in total. The Labute approximate surface area is 414 Å². The van der Waals surface area contributed by atoms with Gasteiger partial charge in [-0.25, -0.2) is 0 Å². The SMILES string of the molecule is C1=CCNC1.C1=CCNCC1.C1CCCNCC1.C1CCCNCC1.C1CCCNCCC1.C1CCNC1.C1CCNCC1.C1CCNCC1.C1CNC1.C1COCCN1.C1CSCCN1. The molecule has 0 aromatic carbocycles. The number of piperidine rings is 2. The normalized spacial score (nSPS) is 23.5. The van der Waals surface area contributed by atoms with Gasteiger partial charge in [0, 0.05) is 57.3 Å². The number of ether oxygens (including phenoxy) is 1. The molecule has 9 saturated heterocycles. The van der Waals surface area contributed by atoms with Crippen LogP contribution in [0.4, 0.5) is 0 Å². The van der Waals surface area contributed by atoms with Crippen LogP contribution in [0.15, 0.2) is 24.3 Å². The van der Waals surface area contributed by atoms with Crippen LogP contribution in [0.5, 0.6) is 0 Å². The minimum Gasteiger partial charge on any atom is -0.379 e. The Balaban J connectivity index is 0.000000364. The smallest absolute Gasteiger partial charge is 0.0591 e. The van der Waals surface area contributed by atoms with Crippen LogP contribution in [0, 0.1) is 0 Å². The van der Waals surface area contributed by atoms with Crippen molar-refractivity contribution in [1.82, 2.24) is 58.5 Å². The number of thioether (sulfide) groups is 1. The summed E-state index contributed by atoms with van der Waals surface area (Å²) < 4.78 is 5.01. The first-order valence-corrected chi connectivity index (χ1v) is 29.4. The lowest BCUT2D eigenvalue weighted by Gasteiger charge is -2.10. The Morgan fingerprint density at radius 1 is 0.227 bits per heavy atom. The quantitative estimate of drug-likeness (QED) is 0.124. The van der Waals surface area contributed by atoms with E-state index in [0.717, 1.165) is 52.5 Å². The minimum absolute atomic E-state index is 0.889. The molecule has 0 aromatic heterocycles. The topological polar surface area (TPSA) is 142 Å². The van der Waals surface area contributed by atoms with Crippen LogP contribution >= 0.6 is 11.8 Å². The molecule has 11 heterocycles. The van der Waals surface area contributed by atoms with Crippen molar-refractivity contribution in [3.05, 3.63) is 24.3 Å². The predicted octanol–water partition coefficient (Wildman–Crippen LogP) is 6.32. The average molecular weight is 953 g/mol. The van der Waals surface area contributed by atoms with Crippen molar-refractivity contribution >= 4 is 11.8 Å². The van der Waals surface area contributed by atoms with Crippen molar-refractivity contribution in [2.45, 2.75) is 148 Å². The van der Waals surface area contributed by atoms with Gasteiger partial charge in [-0.3, -0.25) is 0 Å². The molecular weight excluding hydrogens is 839 g/mol. The number of rotatable bonds is 0. The minimum atomic E-state index is 0.889. The summed E-state index contributed by atoms with van der Waals surface area (Å²) in [5.41, 5.74) is 0. The van der Waals surface area contributed by atoms with E-state index in [1.807, 2.05) is 11.8 Å². The van der Waals surface area contributed by atoms with Crippen LogP contribution in [0.2, 0.25) is 0 Å². The largest absolute Gasteiger partial charge is 0.379 e. The first-order valence-electron chi connectivity index (χ1n) is 28.2. The number of hydrogen-bond donors (Lipinski definition) is 11. The highest BCUT2D eigenvalue weighted by Gasteiger charge is 1.98. The highest BCUT2D eigenvalue weighted by Crippen LogP contribution is 2.04. The zero-order chi connectivity index (χ0) is 46.7. The van der Waals surface area contributed by atoms with E-state index in [1.165, 1.54) is 264 Å². The van der Waals surface area contributed by atoms with E-state index in [-0.39, 0.29) is 0 Å². The lowest BCUT2D eigenvalue weighted by atomic mass is 10.1. The van der Waals surface area contributed by atoms with Crippen molar-refractivity contribution in [3.63, 3.8) is 0 Å². The Morgan fingerprint density at radius 3 is 0.636 bits per heavy atom. The van der Waals surface area contributed by atoms with E-state index in [9.17, 15) is 0 Å². The molecule has 0 aromatic rings. The van der Waals surface area contributed by atoms with E-state index in [1.54, 1.807) is 0 Å². The Bertz CT molecular complexity index is 717. The van der Waals surface area contributed by atoms with Gasteiger partial charge in [-0.15, -0.1) is 0 Å². The highest BCUT2D eigenvalue weighted by atomic mass is 32.2. The van der Waals surface area contributed by atoms with Gasteiger partial charge in [-0.05, 0) is 188 Å². The van der Waals surface area contributed by atoms with Crippen molar-refractivity contribution in [2.24, 2.45) is 0 Å². The molecule has 11 aliphatic rings. The molecule has 11 N–H and O–H groups in total. The number of nitrogens with one attached hydrogen (secondary N) is 11. The maximum Gasteiger partial charge on any atom is 0.0591 e. The molecule has 392 valence electrons. The van der Waals surface area contributed by atoms with E-state index in [2.05, 4.69) is 82.8 Å². The Morgan fingerprint density at radius 2 is 0.485 bits per heavy atom. The molecule has 0 bridgehead atoms. The number of hydrogen-bond acceptors (Lipinski definition) is 13. The molecule has 0 aliphatic carbocycles. The Hall–Kier alpha value is -0.650. The summed E-state index contributed by atoms with van der Waals surface area (Å²) in [5, 5.41) is 35.7. The van der Waals surface area contributed by atoms with Crippen LogP contribution in [0.1, 0.15) is 148 Å². The van der Waals surface area contributed by atoms with Gasteiger partial charge in [0.05, 0.1) is 13.2 Å². The summed E-state index contributed by atoms with van der Waals surface area (Å²) in [5.74, 6) is 2.61. The summed E-state index contributed by atoms with van der Waals surface area (Å²) in [6.07, 6.45) is 40.8. The van der Waals surface area contributed by atoms with Crippen molar-refractivity contribution in [2.75, 3.05) is 169 Å². The van der Waals surface area contributed by atoms with Gasteiger partial charge in [0.15, 0.2) is 0 Å². The Kier molecular flexibility index (Phi) is 58.1. The molecule has 13 heteroatoms. The molecule has 0 unspecified atom stereocenters. The summed E-state index contributed by atoms with van der Waals surface area (Å²) in [7, 11) is 0. The maximum atomic E-state index is 5.01. The first-order chi connectivity index (χ1) is 33.0. The molecule has 0 amide bonds. The third kappa shape index (κ3) is 57.7. The molecule has 0 saturated carbocycles. The van der Waals surface area contributed by atoms with E-state index < -0.39 is 0 Å². The molecule has 66 heavy (non-hydrogen) atoms. The summed E-state index contributed by atoms with van der Waals surface area (Å²) in [6.45, 7) is 28.1. The summed E-state index contributed by atoms with van der Waals surface area (Å²) in [4.78, 5) is 0. The van der Waals surface area contributed by atoms with Crippen LogP contribution in [-0.4, -0.2) is 169 Å². The van der Waals surface area contributed by atoms with Crippen molar-refractivity contribution in [1.29, 1.82) is 0 Å². The zero-order valence-corrected chi connectivity index (χ0v) is 44.1. The van der Waals surface area contributed by atoms with Crippen LogP contribution in [0.25, 0.3) is 0 Å². The van der Waals surface area contributed by atoms with Crippen molar-refractivity contribution < 1.29 is 4.74 Å². The fourth-order valence-corrected chi connectivity index (χ4v) is 8.32. The molecular formula is C53H113N11OS. The predicted molar refractivity (Wildman–Crippen MR) is 294 cm³/mol. The second-order valence-corrected chi connectivity index (χ2v) is 19.6. The molecule has 11 aliphatic heterocycles. The summed E-state index contributed by atoms with van der Waals surface area (Å²) >= 11 is 2.03. The van der Waals surface area contributed by atoms with E-state index in [0.29, 0.717) is 0 Å². The van der Waals surface area contributed by atoms with Crippen LogP contribution in [-0.2, 0) is 4.74 Å². The van der Waals surface area contributed by atoms with Gasteiger partial charge in [-0.2, -0.15) is 11.8 Å². The third-order valence-electron chi connectivity index (χ3n) is 12.0. The van der Waals surface area contributed by atoms with Crippen molar-refractivity contribution in [3.8, 4) is 0 Å². The van der Waals surface area contributed by atoms with Gasteiger partial charge in [0.25, 0.3) is 0 Å². The highest BCUT2D eigenvalue weighted by molar-refractivity contribution is 7.99. The van der Waals surface area contributed by atoms with Gasteiger partial charge in [-0.1, -0.05) is 82.1 Å². The maximum absolute atomic E-state index is 5.01. The number of morpholine rings is 1. The monoisotopic (exact) mass is 952 g/mol. The molecule has 11 rings (SSSR count). The van der Waals surface area contributed by atoms with E-state index in [4.69, 9.17) is 4.74 Å². The molecule has 0 atom stereocenters. The lowest BCUT2D eigenvalue weighted by Crippen LogP contribution is -2.30. The van der Waals surface area contributed by atoms with Gasteiger partial charge >= 0.3 is 0 Å². The van der Waals surface area contributed by atoms with Gasteiger partial charge in [0.1, 0.15) is 0 Å². The van der Waals surface area contributed by atoms with Crippen LogP contribution in [0.3, 0.4) is 0 Å². The molecule has 0 radical (unpaired) electrons. The van der Waals surface area contributed by atoms with Gasteiger partial charge in [0.2, 0.25) is 0 Å². The third-order valence-corrected chi connectivity index (χ3v) is 13.0. The standard InChI is InChI=1S/C7H15N.2C6H13N.2C5H11N.C5H9N.C4H9NO.C4H9NS.C4H9N.C4H7N.C3H7N/c1-2-4-6-8-7-5-3-1;2*1-2-4-6-7-5-3-1;3*1-2-4-6-5-3-1;2*1-3-6-4-2-5-1;2*1-2-4-5-3-1;1-2-4-3-1/h8H,1-7H2;2*7H,1-6H2;2*6H,1-5H2;1-2,6H,3-5H2;2*5H,1-4H2;5H,1-4H2;1-2,5H,3-4H2;4H,1-3H2. The van der Waals surface area contributed by atoms with E-state index >= 15 is 0 Å². The van der Waals surface area contributed by atoms with Gasteiger partial charge < -0.3 is 63.2 Å². The average Bonchev–Trinajstić information content (AvgIpc) is 4.05. The molecule has 9 fully saturated rings.